The maximum absolute atomic E-state index is 10.6. The summed E-state index contributed by atoms with van der Waals surface area (Å²) >= 11 is 3.78. The number of thiol groups is 1. The lowest BCUT2D eigenvalue weighted by atomic mass is 18.9. The third-order valence-corrected chi connectivity index (χ3v) is 0.932. The molecule has 0 aliphatic rings. The van der Waals surface area contributed by atoms with E-state index >= 15 is 0 Å². The van der Waals surface area contributed by atoms with E-state index in [0.29, 0.717) is 0 Å². The second-order valence-electron chi connectivity index (χ2n) is 0.168. The van der Waals surface area contributed by atoms with E-state index in [0.717, 1.165) is 0 Å². The minimum absolute atomic E-state index is 0.0849. The van der Waals surface area contributed by atoms with Gasteiger partial charge in [-0.3, -0.25) is 0 Å². The Morgan fingerprint density at radius 1 is 2.00 bits per heavy atom. The molecule has 4 heteroatoms. The number of hydrogen-bond donors (Lipinski definition) is 1. The van der Waals surface area contributed by atoms with Gasteiger partial charge in [0, 0.05) is 6.98 Å². The normalized spacial score (nSPS) is 10.5. The van der Waals surface area contributed by atoms with Crippen molar-refractivity contribution in [2.45, 2.75) is 0 Å². The van der Waals surface area contributed by atoms with Gasteiger partial charge >= 0.3 is 0 Å². The van der Waals surface area contributed by atoms with Gasteiger partial charge in [0.1, 0.15) is 0 Å². The van der Waals surface area contributed by atoms with Crippen LogP contribution in [0, 0.1) is 0 Å². The lowest BCUT2D eigenvalue weighted by Gasteiger charge is -1.62. The Kier molecular flexibility index (Phi) is 5.14. The maximum Gasteiger partial charge on any atom is 0.0779 e. The van der Waals surface area contributed by atoms with Crippen LogP contribution >= 0.6 is 31.0 Å². The van der Waals surface area contributed by atoms with Crippen LogP contribution in [0.1, 0.15) is 0 Å². The zero-order valence-electron chi connectivity index (χ0n) is 1.73. The maximum atomic E-state index is 10.6. The first kappa shape index (κ1) is 5.06. The molecule has 4 heavy (non-hydrogen) atoms. The van der Waals surface area contributed by atoms with Crippen molar-refractivity contribution in [1.82, 2.24) is 0 Å². The van der Waals surface area contributed by atoms with E-state index in [1.807, 2.05) is 0 Å². The van der Waals surface area contributed by atoms with Crippen LogP contribution in [0.15, 0.2) is 0 Å². The summed E-state index contributed by atoms with van der Waals surface area (Å²) < 4.78 is 10.6. The first-order chi connectivity index (χ1) is 1.91. The van der Waals surface area contributed by atoms with Gasteiger partial charge in [-0.15, -0.1) is 12.2 Å². The van der Waals surface area contributed by atoms with Gasteiger partial charge in [-0.05, 0) is 0 Å². The molecule has 1 unspecified atom stereocenters. The van der Waals surface area contributed by atoms with Gasteiger partial charge < -0.3 is 0 Å². The monoisotopic (exact) mass is 116 g/mol. The van der Waals surface area contributed by atoms with Crippen molar-refractivity contribution in [3.05, 3.63) is 0 Å². The van der Waals surface area contributed by atoms with Crippen LogP contribution in [0.4, 0.5) is 3.89 Å². The van der Waals surface area contributed by atoms with E-state index in [9.17, 15) is 3.89 Å². The van der Waals surface area contributed by atoms with Crippen molar-refractivity contribution in [3.8, 4) is 0 Å². The van der Waals surface area contributed by atoms with Gasteiger partial charge in [-0.25, -0.2) is 0 Å². The third-order valence-electron chi connectivity index (χ3n) is 0.0345. The fraction of sp³-hybridized carbons (Fsp3) is 0. The van der Waals surface area contributed by atoms with Crippen LogP contribution in [-0.2, 0) is 0 Å². The average molecular weight is 116 g/mol. The summed E-state index contributed by atoms with van der Waals surface area (Å²) in [5.74, 6) is 0. The van der Waals surface area contributed by atoms with Gasteiger partial charge in [0.2, 0.25) is 0 Å². The topological polar surface area (TPSA) is 0 Å². The highest BCUT2D eigenvalue weighted by atomic mass is 33.1. The van der Waals surface area contributed by atoms with Crippen LogP contribution in [0.2, 0.25) is 0 Å². The molecule has 0 aliphatic heterocycles. The number of hydrogen-bond acceptors (Lipinski definition) is 2. The first-order valence-corrected chi connectivity index (χ1v) is 4.31. The quantitative estimate of drug-likeness (QED) is 0.404. The molecule has 0 aliphatic carbocycles. The van der Waals surface area contributed by atoms with Crippen molar-refractivity contribution in [3.63, 3.8) is 0 Å². The lowest BCUT2D eigenvalue weighted by Crippen LogP contribution is -0.940. The fourth-order valence-electron chi connectivity index (χ4n) is 0. The Bertz CT molecular complexity index is 8.00. The fourth-order valence-corrected chi connectivity index (χ4v) is 0. The summed E-state index contributed by atoms with van der Waals surface area (Å²) in [5, 5.41) is 0. The average Bonchev–Trinajstić information content (AvgIpc) is 1.37. The SMILES string of the molecule is FSPS. The van der Waals surface area contributed by atoms with Crippen LogP contribution in [0.5, 0.6) is 0 Å². The summed E-state index contributed by atoms with van der Waals surface area (Å²) in [5.41, 5.74) is 0. The molecule has 0 nitrogen and oxygen atoms in total. The van der Waals surface area contributed by atoms with Crippen molar-refractivity contribution in [2.75, 3.05) is 0 Å². The van der Waals surface area contributed by atoms with Crippen LogP contribution < -0.4 is 0 Å². The molecule has 0 saturated carbocycles. The van der Waals surface area contributed by atoms with Gasteiger partial charge in [-0.2, -0.15) is 3.89 Å². The van der Waals surface area contributed by atoms with Gasteiger partial charge in [0.15, 0.2) is 0 Å². The molecule has 0 N–H and O–H groups in total. The van der Waals surface area contributed by atoms with Crippen molar-refractivity contribution in [1.29, 1.82) is 0 Å². The Morgan fingerprint density at radius 2 is 2.25 bits per heavy atom. The second-order valence-corrected chi connectivity index (χ2v) is 3.16. The molecule has 0 heterocycles. The van der Waals surface area contributed by atoms with E-state index in [1.54, 1.807) is 0 Å². The summed E-state index contributed by atoms with van der Waals surface area (Å²) in [6, 6.07) is 0. The highest BCUT2D eigenvalue weighted by Crippen LogP contribution is 2.33. The first-order valence-electron chi connectivity index (χ1n) is 0.582. The molecular formula is H2FPS2. The Hall–Kier alpha value is 1.06. The molecule has 0 fully saturated rings. The predicted octanol–water partition coefficient (Wildman–Crippen LogP) is 2.04. The molecule has 0 radical (unpaired) electrons. The Labute approximate surface area is 35.5 Å². The van der Waals surface area contributed by atoms with Crippen LogP contribution in [-0.4, -0.2) is 0 Å². The van der Waals surface area contributed by atoms with Gasteiger partial charge in [-0.1, -0.05) is 0 Å². The molecule has 0 amide bonds. The lowest BCUT2D eigenvalue weighted by molar-refractivity contribution is 0.953. The summed E-state index contributed by atoms with van der Waals surface area (Å²) in [7, 11) is 0. The van der Waals surface area contributed by atoms with Crippen molar-refractivity contribution >= 4 is 31.0 Å². The standard InChI is InChI=1S/FH2PS2/c1-4-2-3/h2-3H. The zero-order chi connectivity index (χ0) is 3.41. The number of rotatable bonds is 1. The van der Waals surface area contributed by atoms with Crippen LogP contribution in [0.25, 0.3) is 0 Å². The minimum atomic E-state index is 0.0849. The molecule has 1 atom stereocenters. The zero-order valence-corrected chi connectivity index (χ0v) is 4.44. The third kappa shape index (κ3) is 3.06. The molecule has 0 spiro atoms. The van der Waals surface area contributed by atoms with E-state index in [2.05, 4.69) is 12.2 Å². The predicted molar refractivity (Wildman–Crippen MR) is 26.0 cm³/mol. The Balaban J connectivity index is 1.97. The summed E-state index contributed by atoms with van der Waals surface area (Å²) in [4.78, 5) is 0. The van der Waals surface area contributed by atoms with E-state index in [-0.39, 0.29) is 18.8 Å². The smallest absolute Gasteiger partial charge is 0.0779 e. The second kappa shape index (κ2) is 4.06. The summed E-state index contributed by atoms with van der Waals surface area (Å²) in [6.45, 7) is 0.0849. The van der Waals surface area contributed by atoms with E-state index < -0.39 is 0 Å². The van der Waals surface area contributed by atoms with E-state index in [1.165, 1.54) is 0 Å². The molecule has 0 bridgehead atoms. The van der Waals surface area contributed by atoms with Crippen molar-refractivity contribution in [2.24, 2.45) is 0 Å². The van der Waals surface area contributed by atoms with Gasteiger partial charge in [0.25, 0.3) is 0 Å². The number of halogens is 1. The summed E-state index contributed by atoms with van der Waals surface area (Å²) in [6.07, 6.45) is 0. The van der Waals surface area contributed by atoms with Crippen LogP contribution in [0.3, 0.4) is 0 Å². The molecule has 26 valence electrons. The highest BCUT2D eigenvalue weighted by Gasteiger charge is 1.62. The molecule has 0 saturated heterocycles. The largest absolute Gasteiger partial charge is 0.160 e. The molecule has 0 aromatic rings. The van der Waals surface area contributed by atoms with Crippen molar-refractivity contribution < 1.29 is 3.89 Å². The molecular weight excluding hydrogens is 114 g/mol. The molecule has 0 aromatic carbocycles. The van der Waals surface area contributed by atoms with Gasteiger partial charge in [0.05, 0.1) is 11.8 Å². The minimum Gasteiger partial charge on any atom is -0.160 e. The van der Waals surface area contributed by atoms with E-state index in [4.69, 9.17) is 0 Å². The molecule has 0 aromatic heterocycles. The molecule has 0 rings (SSSR count). The highest BCUT2D eigenvalue weighted by molar-refractivity contribution is 8.75. The Morgan fingerprint density at radius 3 is 2.25 bits per heavy atom.